The van der Waals surface area contributed by atoms with E-state index in [1.807, 2.05) is 36.5 Å². The molecular formula is C23H24ClN7. The Bertz CT molecular complexity index is 1130. The Morgan fingerprint density at radius 3 is 2.74 bits per heavy atom. The van der Waals surface area contributed by atoms with Gasteiger partial charge in [0.1, 0.15) is 5.82 Å². The quantitative estimate of drug-likeness (QED) is 0.416. The molecular weight excluding hydrogens is 410 g/mol. The minimum Gasteiger partial charge on any atom is -0.324 e. The highest BCUT2D eigenvalue weighted by Crippen LogP contribution is 2.23. The maximum Gasteiger partial charge on any atom is 0.175 e. The van der Waals surface area contributed by atoms with Crippen LogP contribution in [0, 0.1) is 0 Å². The number of benzene rings is 1. The van der Waals surface area contributed by atoms with Crippen molar-refractivity contribution < 1.29 is 0 Å². The molecule has 31 heavy (non-hydrogen) atoms. The van der Waals surface area contributed by atoms with Crippen LogP contribution in [0.1, 0.15) is 48.2 Å². The number of allylic oxidation sites excluding steroid dienone is 1. The summed E-state index contributed by atoms with van der Waals surface area (Å²) >= 11 is 6.46. The molecule has 0 saturated heterocycles. The Hall–Kier alpha value is -3.32. The third kappa shape index (κ3) is 5.24. The van der Waals surface area contributed by atoms with Crippen LogP contribution in [0.4, 0.5) is 0 Å². The average molecular weight is 434 g/mol. The largest absolute Gasteiger partial charge is 0.324 e. The topological polar surface area (TPSA) is 85.2 Å². The van der Waals surface area contributed by atoms with Gasteiger partial charge in [-0.3, -0.25) is 4.98 Å². The molecule has 3 aromatic heterocycles. The van der Waals surface area contributed by atoms with Gasteiger partial charge in [0.25, 0.3) is 0 Å². The van der Waals surface area contributed by atoms with Crippen LogP contribution < -0.4 is 0 Å². The van der Waals surface area contributed by atoms with Gasteiger partial charge in [-0.2, -0.15) is 0 Å². The number of pyridine rings is 1. The second-order valence-corrected chi connectivity index (χ2v) is 7.74. The molecule has 4 rings (SSSR count). The van der Waals surface area contributed by atoms with Gasteiger partial charge in [0.15, 0.2) is 5.82 Å². The number of aromatic nitrogens is 7. The first-order valence-corrected chi connectivity index (χ1v) is 10.7. The van der Waals surface area contributed by atoms with Crippen LogP contribution in [0.15, 0.2) is 55.0 Å². The van der Waals surface area contributed by atoms with Gasteiger partial charge in [-0.15, -0.1) is 5.10 Å². The van der Waals surface area contributed by atoms with E-state index >= 15 is 0 Å². The molecule has 3 heterocycles. The van der Waals surface area contributed by atoms with E-state index in [4.69, 9.17) is 16.6 Å². The van der Waals surface area contributed by atoms with Crippen molar-refractivity contribution >= 4 is 23.3 Å². The fraction of sp³-hybridized carbons (Fsp3) is 0.261. The number of aromatic amines is 1. The van der Waals surface area contributed by atoms with Crippen molar-refractivity contribution in [3.05, 3.63) is 88.5 Å². The number of imidazole rings is 1. The molecule has 0 aliphatic carbocycles. The Morgan fingerprint density at radius 1 is 1.16 bits per heavy atom. The number of halogens is 1. The van der Waals surface area contributed by atoms with Crippen molar-refractivity contribution in [1.29, 1.82) is 0 Å². The summed E-state index contributed by atoms with van der Waals surface area (Å²) < 4.78 is 2.23. The zero-order chi connectivity index (χ0) is 21.5. The van der Waals surface area contributed by atoms with E-state index in [1.54, 1.807) is 12.4 Å². The number of rotatable bonds is 9. The van der Waals surface area contributed by atoms with Crippen molar-refractivity contribution in [1.82, 2.24) is 35.2 Å². The van der Waals surface area contributed by atoms with E-state index in [0.29, 0.717) is 18.8 Å². The Labute approximate surface area is 186 Å². The molecule has 158 valence electrons. The molecule has 0 amide bonds. The number of aryl methyl sites for hydroxylation is 1. The van der Waals surface area contributed by atoms with E-state index in [2.05, 4.69) is 49.2 Å². The predicted octanol–water partition coefficient (Wildman–Crippen LogP) is 4.62. The number of hydrogen-bond donors (Lipinski definition) is 1. The van der Waals surface area contributed by atoms with Gasteiger partial charge >= 0.3 is 0 Å². The molecule has 7 nitrogen and oxygen atoms in total. The molecule has 0 fully saturated rings. The Balaban J connectivity index is 1.74. The minimum atomic E-state index is 0.636. The summed E-state index contributed by atoms with van der Waals surface area (Å²) in [5, 5.41) is 15.3. The number of nitrogens with zero attached hydrogens (tertiary/aromatic N) is 6. The van der Waals surface area contributed by atoms with Gasteiger partial charge in [-0.25, -0.2) is 10.1 Å². The molecule has 0 unspecified atom stereocenters. The Morgan fingerprint density at radius 2 is 2.00 bits per heavy atom. The van der Waals surface area contributed by atoms with Crippen molar-refractivity contribution in [3.8, 4) is 0 Å². The number of tetrazole rings is 1. The second kappa shape index (κ2) is 10.1. The van der Waals surface area contributed by atoms with Crippen molar-refractivity contribution in [2.45, 2.75) is 39.2 Å². The molecule has 8 heteroatoms. The van der Waals surface area contributed by atoms with Crippen LogP contribution in [0.2, 0.25) is 5.02 Å². The Kier molecular flexibility index (Phi) is 6.84. The standard InChI is InChI=1S/C23H24ClN7/c1-2-3-8-22-26-15-20(31(22)16-18-6-4-5-7-21(18)24)14-19(23-27-29-30-28-23)13-17-9-11-25-12-10-17/h4-7,9-12,14-15H,2-3,8,13,16H2,1H3,(H,27,28,29,30)/b19-14+. The molecule has 4 aromatic rings. The van der Waals surface area contributed by atoms with E-state index in [9.17, 15) is 0 Å². The maximum atomic E-state index is 6.46. The zero-order valence-electron chi connectivity index (χ0n) is 17.4. The van der Waals surface area contributed by atoms with Crippen LogP contribution in [0.3, 0.4) is 0 Å². The lowest BCUT2D eigenvalue weighted by molar-refractivity contribution is 0.675. The lowest BCUT2D eigenvalue weighted by atomic mass is 10.0. The summed E-state index contributed by atoms with van der Waals surface area (Å²) in [4.78, 5) is 8.83. The zero-order valence-corrected chi connectivity index (χ0v) is 18.1. The predicted molar refractivity (Wildman–Crippen MR) is 121 cm³/mol. The highest BCUT2D eigenvalue weighted by molar-refractivity contribution is 6.31. The van der Waals surface area contributed by atoms with Gasteiger partial charge < -0.3 is 4.57 Å². The third-order valence-electron chi connectivity index (χ3n) is 5.12. The summed E-state index contributed by atoms with van der Waals surface area (Å²) in [7, 11) is 0. The first kappa shape index (κ1) is 20.9. The highest BCUT2D eigenvalue weighted by atomic mass is 35.5. The summed E-state index contributed by atoms with van der Waals surface area (Å²) in [6.45, 7) is 2.84. The van der Waals surface area contributed by atoms with Crippen LogP contribution in [0.5, 0.6) is 0 Å². The van der Waals surface area contributed by atoms with E-state index < -0.39 is 0 Å². The van der Waals surface area contributed by atoms with Gasteiger partial charge in [0.05, 0.1) is 18.4 Å². The average Bonchev–Trinajstić information content (AvgIpc) is 3.45. The van der Waals surface area contributed by atoms with E-state index in [1.165, 1.54) is 0 Å². The van der Waals surface area contributed by atoms with Crippen molar-refractivity contribution in [2.75, 3.05) is 0 Å². The second-order valence-electron chi connectivity index (χ2n) is 7.33. The highest BCUT2D eigenvalue weighted by Gasteiger charge is 2.14. The molecule has 0 atom stereocenters. The molecule has 0 bridgehead atoms. The monoisotopic (exact) mass is 433 g/mol. The first-order chi connectivity index (χ1) is 15.2. The number of hydrogen-bond acceptors (Lipinski definition) is 5. The first-order valence-electron chi connectivity index (χ1n) is 10.4. The van der Waals surface area contributed by atoms with Gasteiger partial charge in [-0.05, 0) is 52.2 Å². The summed E-state index contributed by atoms with van der Waals surface area (Å²) in [6.07, 6.45) is 11.4. The SMILES string of the molecule is CCCCc1ncc(/C=C(\Cc2ccncc2)c2nnn[nH]2)n1Cc1ccccc1Cl. The molecule has 1 aromatic carbocycles. The van der Waals surface area contributed by atoms with Crippen molar-refractivity contribution in [2.24, 2.45) is 0 Å². The number of unbranched alkanes of at least 4 members (excludes halogenated alkanes) is 1. The van der Waals surface area contributed by atoms with Gasteiger partial charge in [-0.1, -0.05) is 43.1 Å². The van der Waals surface area contributed by atoms with Crippen LogP contribution in [-0.2, 0) is 19.4 Å². The van der Waals surface area contributed by atoms with E-state index in [0.717, 1.165) is 52.5 Å². The van der Waals surface area contributed by atoms with Gasteiger partial charge in [0.2, 0.25) is 0 Å². The molecule has 0 radical (unpaired) electrons. The van der Waals surface area contributed by atoms with Crippen molar-refractivity contribution in [3.63, 3.8) is 0 Å². The lowest BCUT2D eigenvalue weighted by Crippen LogP contribution is -2.08. The summed E-state index contributed by atoms with van der Waals surface area (Å²) in [5.74, 6) is 1.68. The fourth-order valence-electron chi connectivity index (χ4n) is 3.46. The maximum absolute atomic E-state index is 6.46. The molecule has 1 N–H and O–H groups in total. The minimum absolute atomic E-state index is 0.636. The van der Waals surface area contributed by atoms with Crippen LogP contribution in [-0.4, -0.2) is 35.2 Å². The number of nitrogens with one attached hydrogen (secondary N) is 1. The van der Waals surface area contributed by atoms with E-state index in [-0.39, 0.29) is 0 Å². The van der Waals surface area contributed by atoms with Crippen LogP contribution >= 0.6 is 11.6 Å². The molecule has 0 aliphatic rings. The number of H-pyrrole nitrogens is 1. The lowest BCUT2D eigenvalue weighted by Gasteiger charge is -2.13. The normalized spacial score (nSPS) is 11.7. The smallest absolute Gasteiger partial charge is 0.175 e. The molecule has 0 spiro atoms. The summed E-state index contributed by atoms with van der Waals surface area (Å²) in [5.41, 5.74) is 4.15. The third-order valence-corrected chi connectivity index (χ3v) is 5.49. The van der Waals surface area contributed by atoms with Gasteiger partial charge in [0, 0.05) is 35.8 Å². The molecule has 0 aliphatic heterocycles. The summed E-state index contributed by atoms with van der Waals surface area (Å²) in [6, 6.07) is 11.9. The van der Waals surface area contributed by atoms with Crippen LogP contribution in [0.25, 0.3) is 11.6 Å². The molecule has 0 saturated carbocycles. The fourth-order valence-corrected chi connectivity index (χ4v) is 3.65.